The minimum absolute atomic E-state index is 0.0292. The number of aromatic nitrogens is 10. The van der Waals surface area contributed by atoms with Gasteiger partial charge in [0.2, 0.25) is 11.8 Å². The summed E-state index contributed by atoms with van der Waals surface area (Å²) in [7, 11) is 1.37. The summed E-state index contributed by atoms with van der Waals surface area (Å²) in [4.78, 5) is 46.7. The molecule has 0 spiro atoms. The lowest BCUT2D eigenvalue weighted by atomic mass is 10.1. The number of primary amides is 2. The largest absolute Gasteiger partial charge is 0.495 e. The molecular formula is C46H49Cl2F2N13O5. The van der Waals surface area contributed by atoms with E-state index < -0.39 is 30.7 Å². The van der Waals surface area contributed by atoms with Gasteiger partial charge in [0.25, 0.3) is 5.92 Å². The molecule has 18 nitrogen and oxygen atoms in total. The maximum atomic E-state index is 17.3. The Balaban J connectivity index is 1.18. The summed E-state index contributed by atoms with van der Waals surface area (Å²) >= 11 is 14.0. The van der Waals surface area contributed by atoms with Crippen LogP contribution in [0.25, 0.3) is 66.9 Å². The number of hydrogen-bond donors (Lipinski definition) is 2. The highest BCUT2D eigenvalue weighted by Crippen LogP contribution is 2.43. The number of hydrogen-bond acceptors (Lipinski definition) is 12. The first-order valence-corrected chi connectivity index (χ1v) is 23.0. The molecular weight excluding hydrogens is 923 g/mol. The van der Waals surface area contributed by atoms with Gasteiger partial charge < -0.3 is 34.8 Å². The standard InChI is InChI=1S/C46H49Cl2F2N13O5/c1-6-62-30(17-24(3)57-62)42-53-38(47)34-29-20-27(41(52)65)22-33(68-14-8-10-59-12-15-67-16-13-59)37(29)60(44(34)55-42)11-9-46(49,50)23-61-36-28(19-26(40(51)64)21-32(36)66-5)35-39(48)54-43(56-45(35)61)31-18-25(4)58-63(31)7-2/h17-22H,6-16,23H2,1-5H3,(H2,51,64)(H2,52,65). The lowest BCUT2D eigenvalue weighted by molar-refractivity contribution is -0.0258. The molecule has 356 valence electrons. The third-order valence-electron chi connectivity index (χ3n) is 12.2. The van der Waals surface area contributed by atoms with Gasteiger partial charge in [0, 0.05) is 67.6 Å². The average Bonchev–Trinajstić information content (AvgIpc) is 4.07. The molecule has 0 radical (unpaired) electrons. The number of fused-ring (bicyclic) bond motifs is 6. The van der Waals surface area contributed by atoms with E-state index in [2.05, 4.69) is 25.1 Å². The summed E-state index contributed by atoms with van der Waals surface area (Å²) in [5, 5.41) is 10.3. The van der Waals surface area contributed by atoms with Gasteiger partial charge in [-0.05, 0) is 70.5 Å². The maximum absolute atomic E-state index is 17.3. The van der Waals surface area contributed by atoms with E-state index >= 15 is 8.78 Å². The molecule has 1 fully saturated rings. The Bertz CT molecular complexity index is 3280. The molecule has 0 aliphatic carbocycles. The highest BCUT2D eigenvalue weighted by molar-refractivity contribution is 6.37. The normalized spacial score (nSPS) is 13.7. The van der Waals surface area contributed by atoms with Gasteiger partial charge in [-0.15, -0.1) is 0 Å². The van der Waals surface area contributed by atoms with Crippen molar-refractivity contribution in [3.05, 3.63) is 69.2 Å². The molecule has 22 heteroatoms. The number of morpholine rings is 1. The Hall–Kier alpha value is -6.48. The fourth-order valence-corrected chi connectivity index (χ4v) is 9.56. The van der Waals surface area contributed by atoms with E-state index in [-0.39, 0.29) is 79.9 Å². The molecule has 68 heavy (non-hydrogen) atoms. The smallest absolute Gasteiger partial charge is 0.267 e. The van der Waals surface area contributed by atoms with Crippen molar-refractivity contribution >= 4 is 78.9 Å². The second kappa shape index (κ2) is 18.5. The molecule has 1 aliphatic rings. The zero-order valence-corrected chi connectivity index (χ0v) is 39.6. The summed E-state index contributed by atoms with van der Waals surface area (Å²) in [6, 6.07) is 9.54. The quantitative estimate of drug-likeness (QED) is 0.0685. The van der Waals surface area contributed by atoms with Crippen molar-refractivity contribution in [3.63, 3.8) is 0 Å². The number of aryl methyl sites for hydroxylation is 5. The van der Waals surface area contributed by atoms with Gasteiger partial charge in [0.15, 0.2) is 11.6 Å². The van der Waals surface area contributed by atoms with Crippen LogP contribution < -0.4 is 20.9 Å². The molecule has 0 saturated carbocycles. The average molecular weight is 973 g/mol. The Morgan fingerprint density at radius 2 is 1.26 bits per heavy atom. The molecule has 0 atom stereocenters. The van der Waals surface area contributed by atoms with E-state index in [1.54, 1.807) is 26.1 Å². The first-order chi connectivity index (χ1) is 32.6. The number of alkyl halides is 2. The first-order valence-electron chi connectivity index (χ1n) is 22.2. The SMILES string of the molecule is CCn1nc(C)cc1-c1nc(Cl)c2c3cc(C(N)=O)cc(OC)c3n(CC(F)(F)CCn3c4nc(-c5cc(C)nn5CC)nc(Cl)c4c4cc(C(N)=O)cc(OCCCN5CCOCC5)c43)c2n1. The van der Waals surface area contributed by atoms with Crippen LogP contribution in [0.15, 0.2) is 36.4 Å². The van der Waals surface area contributed by atoms with Crippen molar-refractivity contribution in [1.82, 2.24) is 53.5 Å². The number of amides is 2. The van der Waals surface area contributed by atoms with Crippen LogP contribution >= 0.6 is 23.2 Å². The molecule has 0 bridgehead atoms. The van der Waals surface area contributed by atoms with Crippen LogP contribution in [0.5, 0.6) is 11.5 Å². The maximum Gasteiger partial charge on any atom is 0.267 e. The van der Waals surface area contributed by atoms with Crippen molar-refractivity contribution in [2.45, 2.75) is 72.6 Å². The number of halogens is 4. The van der Waals surface area contributed by atoms with E-state index in [1.807, 2.05) is 33.8 Å². The van der Waals surface area contributed by atoms with Crippen LogP contribution in [-0.4, -0.2) is 118 Å². The Labute approximate surface area is 398 Å². The lowest BCUT2D eigenvalue weighted by Gasteiger charge is -2.26. The van der Waals surface area contributed by atoms with E-state index in [9.17, 15) is 9.59 Å². The number of rotatable bonds is 17. The van der Waals surface area contributed by atoms with Crippen LogP contribution in [0, 0.1) is 13.8 Å². The zero-order chi connectivity index (χ0) is 48.2. The predicted molar refractivity (Wildman–Crippen MR) is 254 cm³/mol. The number of ether oxygens (including phenoxy) is 3. The minimum Gasteiger partial charge on any atom is -0.495 e. The van der Waals surface area contributed by atoms with Crippen molar-refractivity contribution in [3.8, 4) is 34.5 Å². The summed E-state index contributed by atoms with van der Waals surface area (Å²) < 4.78 is 58.7. The summed E-state index contributed by atoms with van der Waals surface area (Å²) in [6.45, 7) is 11.1. The molecule has 7 heterocycles. The Kier molecular flexibility index (Phi) is 12.7. The van der Waals surface area contributed by atoms with Crippen molar-refractivity contribution < 1.29 is 32.6 Å². The van der Waals surface area contributed by atoms with Gasteiger partial charge in [0.1, 0.15) is 44.5 Å². The Morgan fingerprint density at radius 3 is 1.78 bits per heavy atom. The van der Waals surface area contributed by atoms with E-state index in [4.69, 9.17) is 58.8 Å². The molecule has 4 N–H and O–H groups in total. The molecule has 0 unspecified atom stereocenters. The summed E-state index contributed by atoms with van der Waals surface area (Å²) in [6.07, 6.45) is -0.121. The first kappa shape index (κ1) is 46.6. The number of carbonyl (C=O) groups is 2. The summed E-state index contributed by atoms with van der Waals surface area (Å²) in [5.74, 6) is -4.24. The second-order valence-corrected chi connectivity index (χ2v) is 17.4. The number of methoxy groups -OCH3 is 1. The lowest BCUT2D eigenvalue weighted by Crippen LogP contribution is -2.37. The van der Waals surface area contributed by atoms with Crippen LogP contribution in [0.3, 0.4) is 0 Å². The van der Waals surface area contributed by atoms with E-state index in [0.717, 1.165) is 25.3 Å². The van der Waals surface area contributed by atoms with Gasteiger partial charge >= 0.3 is 0 Å². The van der Waals surface area contributed by atoms with Crippen molar-refractivity contribution in [1.29, 1.82) is 0 Å². The number of benzene rings is 2. The van der Waals surface area contributed by atoms with Crippen LogP contribution in [0.2, 0.25) is 10.3 Å². The monoisotopic (exact) mass is 971 g/mol. The fraction of sp³-hybridized carbons (Fsp3) is 0.391. The third kappa shape index (κ3) is 8.65. The molecule has 2 amide bonds. The third-order valence-corrected chi connectivity index (χ3v) is 12.7. The van der Waals surface area contributed by atoms with Crippen molar-refractivity contribution in [2.75, 3.05) is 46.6 Å². The number of carbonyl (C=O) groups excluding carboxylic acids is 2. The van der Waals surface area contributed by atoms with Gasteiger partial charge in [-0.3, -0.25) is 23.9 Å². The molecule has 9 rings (SSSR count). The van der Waals surface area contributed by atoms with Gasteiger partial charge in [-0.25, -0.2) is 28.7 Å². The van der Waals surface area contributed by atoms with E-state index in [0.29, 0.717) is 71.5 Å². The number of nitrogens with zero attached hydrogens (tertiary/aromatic N) is 11. The van der Waals surface area contributed by atoms with Crippen LogP contribution in [0.1, 0.15) is 58.8 Å². The second-order valence-electron chi connectivity index (χ2n) is 16.7. The van der Waals surface area contributed by atoms with Gasteiger partial charge in [0.05, 0.1) is 66.7 Å². The van der Waals surface area contributed by atoms with Crippen LogP contribution in [0.4, 0.5) is 8.78 Å². The molecule has 2 aromatic carbocycles. The predicted octanol–water partition coefficient (Wildman–Crippen LogP) is 7.21. The summed E-state index contributed by atoms with van der Waals surface area (Å²) in [5.41, 5.74) is 15.2. The van der Waals surface area contributed by atoms with Crippen molar-refractivity contribution in [2.24, 2.45) is 11.5 Å². The van der Waals surface area contributed by atoms with Gasteiger partial charge in [-0.2, -0.15) is 10.2 Å². The molecule has 1 saturated heterocycles. The highest BCUT2D eigenvalue weighted by atomic mass is 35.5. The topological polar surface area (TPSA) is 214 Å². The molecule has 6 aromatic heterocycles. The minimum atomic E-state index is -3.49. The van der Waals surface area contributed by atoms with E-state index in [1.165, 1.54) is 29.9 Å². The molecule has 8 aromatic rings. The Morgan fingerprint density at radius 1 is 0.750 bits per heavy atom. The van der Waals surface area contributed by atoms with Gasteiger partial charge in [-0.1, -0.05) is 23.2 Å². The highest BCUT2D eigenvalue weighted by Gasteiger charge is 2.35. The molecule has 1 aliphatic heterocycles. The number of nitrogens with two attached hydrogens (primary N) is 2. The fourth-order valence-electron chi connectivity index (χ4n) is 9.03. The zero-order valence-electron chi connectivity index (χ0n) is 38.1. The van der Waals surface area contributed by atoms with Crippen LogP contribution in [-0.2, 0) is 30.9 Å².